The van der Waals surface area contributed by atoms with Crippen molar-refractivity contribution in [3.05, 3.63) is 0 Å². The summed E-state index contributed by atoms with van der Waals surface area (Å²) in [4.78, 5) is 0. The molecular formula is C12H23N3S. The summed E-state index contributed by atoms with van der Waals surface area (Å²) in [5.74, 6) is 0.775. The van der Waals surface area contributed by atoms with Gasteiger partial charge in [-0.2, -0.15) is 0 Å². The molecule has 1 aliphatic carbocycles. The molecule has 1 saturated heterocycles. The normalized spacial score (nSPS) is 35.6. The summed E-state index contributed by atoms with van der Waals surface area (Å²) in [5.41, 5.74) is 3.67. The predicted octanol–water partition coefficient (Wildman–Crippen LogP) is 2.39. The minimum atomic E-state index is 0.0298. The molecule has 0 aromatic carbocycles. The highest BCUT2D eigenvalue weighted by Crippen LogP contribution is 2.34. The molecule has 2 N–H and O–H groups in total. The minimum Gasteiger partial charge on any atom is -0.342 e. The van der Waals surface area contributed by atoms with Crippen molar-refractivity contribution in [1.82, 2.24) is 15.8 Å². The van der Waals surface area contributed by atoms with Crippen LogP contribution in [0, 0.1) is 5.92 Å². The van der Waals surface area contributed by atoms with Crippen LogP contribution in [0.3, 0.4) is 0 Å². The SMILES string of the molecule is C[C@@H]1CCC[C@]2(C1)NC(=S)N(C(C)(C)C)N2. The van der Waals surface area contributed by atoms with Gasteiger partial charge in [0.05, 0.1) is 5.54 Å². The van der Waals surface area contributed by atoms with Gasteiger partial charge >= 0.3 is 0 Å². The Kier molecular flexibility index (Phi) is 2.91. The number of hydrogen-bond donors (Lipinski definition) is 2. The van der Waals surface area contributed by atoms with E-state index >= 15 is 0 Å². The Morgan fingerprint density at radius 3 is 2.62 bits per heavy atom. The molecule has 16 heavy (non-hydrogen) atoms. The molecule has 1 aliphatic heterocycles. The van der Waals surface area contributed by atoms with Crippen LogP contribution in [0.25, 0.3) is 0 Å². The lowest BCUT2D eigenvalue weighted by atomic mass is 9.83. The number of hydrogen-bond acceptors (Lipinski definition) is 2. The average molecular weight is 241 g/mol. The summed E-state index contributed by atoms with van der Waals surface area (Å²) in [6.45, 7) is 8.87. The van der Waals surface area contributed by atoms with Crippen LogP contribution in [0.15, 0.2) is 0 Å². The molecule has 1 spiro atoms. The number of thiocarbonyl (C=S) groups is 1. The second kappa shape index (κ2) is 3.84. The monoisotopic (exact) mass is 241 g/mol. The molecule has 0 aromatic heterocycles. The van der Waals surface area contributed by atoms with Gasteiger partial charge in [0, 0.05) is 0 Å². The maximum atomic E-state index is 5.43. The van der Waals surface area contributed by atoms with E-state index in [1.807, 2.05) is 0 Å². The van der Waals surface area contributed by atoms with Gasteiger partial charge in [-0.25, -0.2) is 5.43 Å². The van der Waals surface area contributed by atoms with E-state index < -0.39 is 0 Å². The van der Waals surface area contributed by atoms with Crippen molar-refractivity contribution < 1.29 is 0 Å². The van der Waals surface area contributed by atoms with Crippen molar-refractivity contribution in [3.8, 4) is 0 Å². The van der Waals surface area contributed by atoms with Gasteiger partial charge in [0.25, 0.3) is 0 Å². The zero-order valence-electron chi connectivity index (χ0n) is 10.8. The van der Waals surface area contributed by atoms with Gasteiger partial charge < -0.3 is 5.32 Å². The summed E-state index contributed by atoms with van der Waals surface area (Å²) < 4.78 is 0. The van der Waals surface area contributed by atoms with E-state index in [1.165, 1.54) is 25.7 Å². The molecule has 2 fully saturated rings. The smallest absolute Gasteiger partial charge is 0.185 e. The van der Waals surface area contributed by atoms with E-state index in [-0.39, 0.29) is 11.2 Å². The molecule has 0 radical (unpaired) electrons. The Morgan fingerprint density at radius 2 is 2.12 bits per heavy atom. The van der Waals surface area contributed by atoms with Crippen LogP contribution in [-0.2, 0) is 0 Å². The van der Waals surface area contributed by atoms with Crippen LogP contribution in [0.5, 0.6) is 0 Å². The van der Waals surface area contributed by atoms with Crippen molar-refractivity contribution in [2.24, 2.45) is 5.92 Å². The Balaban J connectivity index is 2.13. The van der Waals surface area contributed by atoms with Gasteiger partial charge in [-0.1, -0.05) is 13.3 Å². The molecule has 1 saturated carbocycles. The van der Waals surface area contributed by atoms with Crippen LogP contribution in [0.1, 0.15) is 53.4 Å². The molecular weight excluding hydrogens is 218 g/mol. The average Bonchev–Trinajstić information content (AvgIpc) is 2.41. The molecule has 3 nitrogen and oxygen atoms in total. The van der Waals surface area contributed by atoms with E-state index in [9.17, 15) is 0 Å². The quantitative estimate of drug-likeness (QED) is 0.637. The zero-order valence-corrected chi connectivity index (χ0v) is 11.6. The van der Waals surface area contributed by atoms with E-state index in [4.69, 9.17) is 12.2 Å². The van der Waals surface area contributed by atoms with E-state index in [0.717, 1.165) is 11.0 Å². The molecule has 2 aliphatic rings. The van der Waals surface area contributed by atoms with E-state index in [2.05, 4.69) is 43.4 Å². The second-order valence-electron chi connectivity index (χ2n) is 6.33. The standard InChI is InChI=1S/C12H23N3S/c1-9-6-5-7-12(8-9)13-10(16)15(14-12)11(2,3)4/h9,14H,5-8H2,1-4H3,(H,13,16)/t9-,12+/m1/s1. The van der Waals surface area contributed by atoms with E-state index in [0.29, 0.717) is 0 Å². The third-order valence-corrected chi connectivity index (χ3v) is 3.83. The van der Waals surface area contributed by atoms with Gasteiger partial charge in [0.1, 0.15) is 5.66 Å². The molecule has 0 unspecified atom stereocenters. The van der Waals surface area contributed by atoms with Gasteiger partial charge in [-0.05, 0) is 58.2 Å². The maximum Gasteiger partial charge on any atom is 0.185 e. The molecule has 92 valence electrons. The number of rotatable bonds is 0. The first-order valence-electron chi connectivity index (χ1n) is 6.23. The van der Waals surface area contributed by atoms with Gasteiger partial charge in [-0.3, -0.25) is 5.01 Å². The first-order valence-corrected chi connectivity index (χ1v) is 6.63. The molecule has 1 heterocycles. The van der Waals surface area contributed by atoms with Crippen LogP contribution < -0.4 is 10.7 Å². The molecule has 0 bridgehead atoms. The maximum absolute atomic E-state index is 5.43. The summed E-state index contributed by atoms with van der Waals surface area (Å²) in [6, 6.07) is 0. The summed E-state index contributed by atoms with van der Waals surface area (Å²) >= 11 is 5.43. The van der Waals surface area contributed by atoms with Crippen molar-refractivity contribution in [3.63, 3.8) is 0 Å². The number of nitrogens with one attached hydrogen (secondary N) is 2. The minimum absolute atomic E-state index is 0.0298. The van der Waals surface area contributed by atoms with Gasteiger partial charge in [-0.15, -0.1) is 0 Å². The fourth-order valence-corrected chi connectivity index (χ4v) is 3.31. The molecule has 0 aromatic rings. The largest absolute Gasteiger partial charge is 0.342 e. The predicted molar refractivity (Wildman–Crippen MR) is 70.8 cm³/mol. The molecule has 0 amide bonds. The number of hydrazine groups is 1. The highest BCUT2D eigenvalue weighted by Gasteiger charge is 2.45. The van der Waals surface area contributed by atoms with Crippen LogP contribution in [0.4, 0.5) is 0 Å². The Hall–Kier alpha value is -0.350. The lowest BCUT2D eigenvalue weighted by Crippen LogP contribution is -2.56. The lowest BCUT2D eigenvalue weighted by molar-refractivity contribution is 0.0901. The third-order valence-electron chi connectivity index (χ3n) is 3.54. The van der Waals surface area contributed by atoms with Crippen LogP contribution in [-0.4, -0.2) is 21.3 Å². The lowest BCUT2D eigenvalue weighted by Gasteiger charge is -2.39. The number of nitrogens with zero attached hydrogens (tertiary/aromatic N) is 1. The van der Waals surface area contributed by atoms with Crippen LogP contribution >= 0.6 is 12.2 Å². The first kappa shape index (κ1) is 12.1. The Labute approximate surface area is 104 Å². The molecule has 2 rings (SSSR count). The Morgan fingerprint density at radius 1 is 1.44 bits per heavy atom. The highest BCUT2D eigenvalue weighted by atomic mass is 32.1. The van der Waals surface area contributed by atoms with E-state index in [1.54, 1.807) is 0 Å². The topological polar surface area (TPSA) is 27.3 Å². The van der Waals surface area contributed by atoms with Crippen molar-refractivity contribution in [2.75, 3.05) is 0 Å². The summed E-state index contributed by atoms with van der Waals surface area (Å²) in [7, 11) is 0. The Bertz CT molecular complexity index is 297. The fraction of sp³-hybridized carbons (Fsp3) is 0.917. The summed E-state index contributed by atoms with van der Waals surface area (Å²) in [6.07, 6.45) is 4.96. The van der Waals surface area contributed by atoms with Crippen molar-refractivity contribution in [2.45, 2.75) is 64.6 Å². The fourth-order valence-electron chi connectivity index (χ4n) is 2.79. The summed E-state index contributed by atoms with van der Waals surface area (Å²) in [5, 5.41) is 6.46. The first-order chi connectivity index (χ1) is 7.32. The van der Waals surface area contributed by atoms with Crippen molar-refractivity contribution >= 4 is 17.3 Å². The second-order valence-corrected chi connectivity index (χ2v) is 6.72. The zero-order chi connectivity index (χ0) is 12.0. The van der Waals surface area contributed by atoms with Gasteiger partial charge in [0.15, 0.2) is 5.11 Å². The van der Waals surface area contributed by atoms with Crippen LogP contribution in [0.2, 0.25) is 0 Å². The molecule has 2 atom stereocenters. The van der Waals surface area contributed by atoms with Crippen molar-refractivity contribution in [1.29, 1.82) is 0 Å². The highest BCUT2D eigenvalue weighted by molar-refractivity contribution is 7.80. The van der Waals surface area contributed by atoms with Gasteiger partial charge in [0.2, 0.25) is 0 Å². The molecule has 4 heteroatoms. The third kappa shape index (κ3) is 2.18.